The zero-order valence-electron chi connectivity index (χ0n) is 10.6. The third-order valence-corrected chi connectivity index (χ3v) is 2.83. The molecule has 0 radical (unpaired) electrons. The standard InChI is InChI=1S/C12H14ClN3O3/c1-18-11(19-2)5-14-12(17)9-7-16-6-8(13)3-4-10(16)15-9/h3-4,6-7,11H,5H2,1-2H3,(H,14,17). The van der Waals surface area contributed by atoms with Crippen molar-refractivity contribution in [2.75, 3.05) is 20.8 Å². The van der Waals surface area contributed by atoms with Gasteiger partial charge in [-0.3, -0.25) is 4.79 Å². The number of methoxy groups -OCH3 is 2. The van der Waals surface area contributed by atoms with Crippen molar-refractivity contribution in [2.45, 2.75) is 6.29 Å². The van der Waals surface area contributed by atoms with Crippen molar-refractivity contribution in [2.24, 2.45) is 0 Å². The van der Waals surface area contributed by atoms with E-state index in [0.717, 1.165) is 0 Å². The van der Waals surface area contributed by atoms with Gasteiger partial charge in [-0.05, 0) is 12.1 Å². The topological polar surface area (TPSA) is 64.9 Å². The van der Waals surface area contributed by atoms with E-state index in [2.05, 4.69) is 10.3 Å². The minimum absolute atomic E-state index is 0.250. The van der Waals surface area contributed by atoms with Crippen LogP contribution in [-0.4, -0.2) is 42.3 Å². The Bertz CT molecular complexity index is 581. The van der Waals surface area contributed by atoms with E-state index in [1.807, 2.05) is 0 Å². The summed E-state index contributed by atoms with van der Waals surface area (Å²) in [6, 6.07) is 3.46. The van der Waals surface area contributed by atoms with E-state index in [4.69, 9.17) is 21.1 Å². The van der Waals surface area contributed by atoms with Crippen molar-refractivity contribution in [3.63, 3.8) is 0 Å². The summed E-state index contributed by atoms with van der Waals surface area (Å²) >= 11 is 5.87. The Morgan fingerprint density at radius 2 is 2.16 bits per heavy atom. The number of amides is 1. The highest BCUT2D eigenvalue weighted by atomic mass is 35.5. The lowest BCUT2D eigenvalue weighted by molar-refractivity contribution is -0.0974. The van der Waals surface area contributed by atoms with Gasteiger partial charge in [0, 0.05) is 26.6 Å². The van der Waals surface area contributed by atoms with E-state index in [-0.39, 0.29) is 12.5 Å². The van der Waals surface area contributed by atoms with Gasteiger partial charge in [-0.15, -0.1) is 0 Å². The number of pyridine rings is 1. The Hall–Kier alpha value is -1.63. The maximum absolute atomic E-state index is 11.9. The molecule has 0 fully saturated rings. The van der Waals surface area contributed by atoms with Gasteiger partial charge in [0.15, 0.2) is 6.29 Å². The highest BCUT2D eigenvalue weighted by molar-refractivity contribution is 6.30. The second-order valence-corrected chi connectivity index (χ2v) is 4.29. The van der Waals surface area contributed by atoms with E-state index in [1.54, 1.807) is 28.9 Å². The van der Waals surface area contributed by atoms with E-state index in [1.165, 1.54) is 14.2 Å². The van der Waals surface area contributed by atoms with Crippen LogP contribution in [0.3, 0.4) is 0 Å². The number of halogens is 1. The second kappa shape index (κ2) is 6.01. The maximum atomic E-state index is 11.9. The normalized spacial score (nSPS) is 11.2. The van der Waals surface area contributed by atoms with Gasteiger partial charge in [0.25, 0.3) is 5.91 Å². The molecule has 0 aliphatic carbocycles. The van der Waals surface area contributed by atoms with Gasteiger partial charge in [0.05, 0.1) is 11.6 Å². The molecule has 0 aromatic carbocycles. The molecule has 1 N–H and O–H groups in total. The van der Waals surface area contributed by atoms with Crippen LogP contribution in [0.4, 0.5) is 0 Å². The Morgan fingerprint density at radius 3 is 2.84 bits per heavy atom. The molecule has 0 saturated carbocycles. The number of nitrogens with zero attached hydrogens (tertiary/aromatic N) is 2. The SMILES string of the molecule is COC(CNC(=O)c1cn2cc(Cl)ccc2n1)OC. The van der Waals surface area contributed by atoms with E-state index in [0.29, 0.717) is 16.4 Å². The molecule has 2 aromatic heterocycles. The molecule has 0 bridgehead atoms. The monoisotopic (exact) mass is 283 g/mol. The molecule has 0 atom stereocenters. The third-order valence-electron chi connectivity index (χ3n) is 2.60. The molecule has 102 valence electrons. The Morgan fingerprint density at radius 1 is 1.42 bits per heavy atom. The molecule has 2 heterocycles. The molecule has 7 heteroatoms. The first kappa shape index (κ1) is 13.8. The summed E-state index contributed by atoms with van der Waals surface area (Å²) < 4.78 is 11.7. The van der Waals surface area contributed by atoms with Crippen LogP contribution in [0.15, 0.2) is 24.5 Å². The smallest absolute Gasteiger partial charge is 0.271 e. The quantitative estimate of drug-likeness (QED) is 0.841. The summed E-state index contributed by atoms with van der Waals surface area (Å²) in [6.07, 6.45) is 2.83. The Kier molecular flexibility index (Phi) is 4.36. The molecular formula is C12H14ClN3O3. The number of rotatable bonds is 5. The number of nitrogens with one attached hydrogen (secondary N) is 1. The highest BCUT2D eigenvalue weighted by Gasteiger charge is 2.13. The lowest BCUT2D eigenvalue weighted by Crippen LogP contribution is -2.34. The fourth-order valence-corrected chi connectivity index (χ4v) is 1.77. The van der Waals surface area contributed by atoms with Crippen LogP contribution in [0.2, 0.25) is 5.02 Å². The van der Waals surface area contributed by atoms with Gasteiger partial charge in [-0.1, -0.05) is 11.6 Å². The van der Waals surface area contributed by atoms with Gasteiger partial charge in [-0.2, -0.15) is 0 Å². The van der Waals surface area contributed by atoms with Crippen molar-refractivity contribution in [3.05, 3.63) is 35.2 Å². The lowest BCUT2D eigenvalue weighted by atomic mass is 10.4. The summed E-state index contributed by atoms with van der Waals surface area (Å²) in [5, 5.41) is 3.26. The molecular weight excluding hydrogens is 270 g/mol. The maximum Gasteiger partial charge on any atom is 0.271 e. The lowest BCUT2D eigenvalue weighted by Gasteiger charge is -2.13. The van der Waals surface area contributed by atoms with Crippen molar-refractivity contribution in [1.82, 2.24) is 14.7 Å². The van der Waals surface area contributed by atoms with Crippen molar-refractivity contribution < 1.29 is 14.3 Å². The molecule has 1 amide bonds. The zero-order valence-corrected chi connectivity index (χ0v) is 11.3. The molecule has 0 aliphatic rings. The number of hydrogen-bond donors (Lipinski definition) is 1. The average Bonchev–Trinajstić information content (AvgIpc) is 2.82. The fourth-order valence-electron chi connectivity index (χ4n) is 1.60. The van der Waals surface area contributed by atoms with Gasteiger partial charge < -0.3 is 19.2 Å². The first-order chi connectivity index (χ1) is 9.13. The first-order valence-corrected chi connectivity index (χ1v) is 6.00. The average molecular weight is 284 g/mol. The largest absolute Gasteiger partial charge is 0.354 e. The molecule has 0 spiro atoms. The summed E-state index contributed by atoms with van der Waals surface area (Å²) in [5.74, 6) is -0.293. The Labute approximate surface area is 115 Å². The number of hydrogen-bond acceptors (Lipinski definition) is 4. The van der Waals surface area contributed by atoms with E-state index < -0.39 is 6.29 Å². The van der Waals surface area contributed by atoms with Crippen LogP contribution >= 0.6 is 11.6 Å². The summed E-state index contributed by atoms with van der Waals surface area (Å²) in [4.78, 5) is 16.1. The van der Waals surface area contributed by atoms with Crippen molar-refractivity contribution in [1.29, 1.82) is 0 Å². The number of imidazole rings is 1. The van der Waals surface area contributed by atoms with Crippen LogP contribution in [0.5, 0.6) is 0 Å². The molecule has 0 unspecified atom stereocenters. The number of aromatic nitrogens is 2. The van der Waals surface area contributed by atoms with E-state index >= 15 is 0 Å². The van der Waals surface area contributed by atoms with Gasteiger partial charge >= 0.3 is 0 Å². The van der Waals surface area contributed by atoms with Crippen LogP contribution in [-0.2, 0) is 9.47 Å². The molecule has 0 saturated heterocycles. The zero-order chi connectivity index (χ0) is 13.8. The summed E-state index contributed by atoms with van der Waals surface area (Å²) in [5.41, 5.74) is 0.970. The molecule has 6 nitrogen and oxygen atoms in total. The summed E-state index contributed by atoms with van der Waals surface area (Å²) in [7, 11) is 3.01. The number of ether oxygens (including phenoxy) is 2. The van der Waals surface area contributed by atoms with Crippen LogP contribution in [0.25, 0.3) is 5.65 Å². The van der Waals surface area contributed by atoms with Crippen LogP contribution in [0.1, 0.15) is 10.5 Å². The predicted octanol–water partition coefficient (Wildman–Crippen LogP) is 1.34. The Balaban J connectivity index is 2.09. The predicted molar refractivity (Wildman–Crippen MR) is 70.3 cm³/mol. The molecule has 2 rings (SSSR count). The van der Waals surface area contributed by atoms with E-state index in [9.17, 15) is 4.79 Å². The number of carbonyl (C=O) groups is 1. The molecule has 19 heavy (non-hydrogen) atoms. The van der Waals surface area contributed by atoms with Crippen molar-refractivity contribution in [3.8, 4) is 0 Å². The molecule has 0 aliphatic heterocycles. The van der Waals surface area contributed by atoms with Gasteiger partial charge in [0.2, 0.25) is 0 Å². The number of carbonyl (C=O) groups excluding carboxylic acids is 1. The summed E-state index contributed by atoms with van der Waals surface area (Å²) in [6.45, 7) is 0.250. The molecule has 2 aromatic rings. The van der Waals surface area contributed by atoms with Gasteiger partial charge in [-0.25, -0.2) is 4.98 Å². The minimum Gasteiger partial charge on any atom is -0.354 e. The van der Waals surface area contributed by atoms with Gasteiger partial charge in [0.1, 0.15) is 11.3 Å². The third kappa shape index (κ3) is 3.23. The minimum atomic E-state index is -0.476. The first-order valence-electron chi connectivity index (χ1n) is 5.62. The second-order valence-electron chi connectivity index (χ2n) is 3.85. The van der Waals surface area contributed by atoms with Crippen molar-refractivity contribution >= 4 is 23.2 Å². The highest BCUT2D eigenvalue weighted by Crippen LogP contribution is 2.11. The fraction of sp³-hybridized carbons (Fsp3) is 0.333. The number of fused-ring (bicyclic) bond motifs is 1. The van der Waals surface area contributed by atoms with Crippen LogP contribution in [0, 0.1) is 0 Å². The van der Waals surface area contributed by atoms with Crippen LogP contribution < -0.4 is 5.32 Å².